The zero-order valence-electron chi connectivity index (χ0n) is 15.3. The van der Waals surface area contributed by atoms with Crippen molar-refractivity contribution in [2.45, 2.75) is 24.0 Å². The van der Waals surface area contributed by atoms with Crippen LogP contribution >= 0.6 is 11.3 Å². The quantitative estimate of drug-likeness (QED) is 0.476. The second kappa shape index (κ2) is 7.28. The molecule has 146 valence electrons. The third kappa shape index (κ3) is 3.60. The van der Waals surface area contributed by atoms with Crippen molar-refractivity contribution in [1.29, 1.82) is 0 Å². The molecule has 28 heavy (non-hydrogen) atoms. The van der Waals surface area contributed by atoms with Crippen LogP contribution in [0, 0.1) is 10.1 Å². The van der Waals surface area contributed by atoms with E-state index in [2.05, 4.69) is 4.99 Å². The Hall–Kier alpha value is -2.85. The van der Waals surface area contributed by atoms with E-state index in [1.54, 1.807) is 31.5 Å². The smallest absolute Gasteiger partial charge is 0.279 e. The zero-order valence-corrected chi connectivity index (χ0v) is 17.0. The van der Waals surface area contributed by atoms with Crippen molar-refractivity contribution >= 4 is 43.0 Å². The number of aromatic nitrogens is 1. The van der Waals surface area contributed by atoms with Crippen molar-refractivity contribution in [3.8, 4) is 0 Å². The van der Waals surface area contributed by atoms with E-state index in [-0.39, 0.29) is 16.1 Å². The molecular formula is C18H17N3O5S2. The predicted molar refractivity (Wildman–Crippen MR) is 106 cm³/mol. The Labute approximate surface area is 164 Å². The lowest BCUT2D eigenvalue weighted by Crippen LogP contribution is -2.15. The van der Waals surface area contributed by atoms with Gasteiger partial charge in [-0.25, -0.2) is 8.42 Å². The largest absolute Gasteiger partial charge is 0.319 e. The molecule has 0 N–H and O–H groups in total. The average molecular weight is 419 g/mol. The molecule has 0 aliphatic carbocycles. The monoisotopic (exact) mass is 419 g/mol. The maximum Gasteiger partial charge on any atom is 0.279 e. The van der Waals surface area contributed by atoms with Gasteiger partial charge in [0.15, 0.2) is 14.6 Å². The van der Waals surface area contributed by atoms with Crippen molar-refractivity contribution in [2.75, 3.05) is 0 Å². The summed E-state index contributed by atoms with van der Waals surface area (Å²) in [5, 5.41) is 10.4. The molecule has 10 heteroatoms. The molecule has 1 amide bonds. The summed E-state index contributed by atoms with van der Waals surface area (Å²) in [5.41, 5.74) is 0.692. The third-order valence-corrected chi connectivity index (χ3v) is 7.50. The lowest BCUT2D eigenvalue weighted by molar-refractivity contribution is -0.384. The highest BCUT2D eigenvalue weighted by Crippen LogP contribution is 2.22. The SMILES string of the molecule is CC(C)S(=O)(=O)c1cccc(C(=O)N=c2sc3ccc([N+](=O)[O-])cc3n2C)c1. The summed E-state index contributed by atoms with van der Waals surface area (Å²) in [6.07, 6.45) is 0. The highest BCUT2D eigenvalue weighted by Gasteiger charge is 2.20. The van der Waals surface area contributed by atoms with E-state index >= 15 is 0 Å². The van der Waals surface area contributed by atoms with Crippen molar-refractivity contribution in [3.63, 3.8) is 0 Å². The molecule has 8 nitrogen and oxygen atoms in total. The number of aryl methyl sites for hydroxylation is 1. The molecule has 0 saturated heterocycles. The van der Waals surface area contributed by atoms with Crippen molar-refractivity contribution in [2.24, 2.45) is 12.0 Å². The predicted octanol–water partition coefficient (Wildman–Crippen LogP) is 3.07. The summed E-state index contributed by atoms with van der Waals surface area (Å²) in [4.78, 5) is 27.6. The van der Waals surface area contributed by atoms with E-state index in [1.165, 1.54) is 47.7 Å². The van der Waals surface area contributed by atoms with Crippen LogP contribution in [0.15, 0.2) is 52.4 Å². The van der Waals surface area contributed by atoms with Gasteiger partial charge in [0.1, 0.15) is 0 Å². The highest BCUT2D eigenvalue weighted by molar-refractivity contribution is 7.92. The van der Waals surface area contributed by atoms with Crippen LogP contribution in [0.5, 0.6) is 0 Å². The molecule has 0 bridgehead atoms. The van der Waals surface area contributed by atoms with Crippen LogP contribution in [-0.2, 0) is 16.9 Å². The van der Waals surface area contributed by atoms with Crippen LogP contribution < -0.4 is 4.80 Å². The molecule has 1 aromatic heterocycles. The molecule has 3 aromatic rings. The number of hydrogen-bond acceptors (Lipinski definition) is 6. The van der Waals surface area contributed by atoms with Gasteiger partial charge in [-0.2, -0.15) is 4.99 Å². The summed E-state index contributed by atoms with van der Waals surface area (Å²) in [5.74, 6) is -0.586. The first kappa shape index (κ1) is 19.9. The third-order valence-electron chi connectivity index (χ3n) is 4.23. The maximum absolute atomic E-state index is 12.6. The summed E-state index contributed by atoms with van der Waals surface area (Å²) < 4.78 is 27.0. The summed E-state index contributed by atoms with van der Waals surface area (Å²) in [6.45, 7) is 3.15. The Morgan fingerprint density at radius 2 is 1.93 bits per heavy atom. The van der Waals surface area contributed by atoms with E-state index in [1.807, 2.05) is 0 Å². The van der Waals surface area contributed by atoms with Gasteiger partial charge in [0.25, 0.3) is 11.6 Å². The number of benzene rings is 2. The molecule has 0 spiro atoms. The lowest BCUT2D eigenvalue weighted by Gasteiger charge is -2.08. The molecule has 0 fully saturated rings. The molecular weight excluding hydrogens is 402 g/mol. The number of non-ortho nitro benzene ring substituents is 1. The number of carbonyl (C=O) groups excluding carboxylic acids is 1. The Kier molecular flexibility index (Phi) is 5.18. The normalized spacial score (nSPS) is 12.6. The number of rotatable bonds is 4. The topological polar surface area (TPSA) is 112 Å². The number of nitrogens with zero attached hydrogens (tertiary/aromatic N) is 3. The molecule has 0 saturated carbocycles. The van der Waals surface area contributed by atoms with Gasteiger partial charge in [-0.05, 0) is 38.1 Å². The van der Waals surface area contributed by atoms with Gasteiger partial charge >= 0.3 is 0 Å². The number of hydrogen-bond donors (Lipinski definition) is 0. The number of nitro benzene ring substituents is 1. The number of fused-ring (bicyclic) bond motifs is 1. The molecule has 0 unspecified atom stereocenters. The van der Waals surface area contributed by atoms with E-state index in [0.29, 0.717) is 10.3 Å². The average Bonchev–Trinajstić information content (AvgIpc) is 2.96. The number of nitro groups is 1. The number of thiazole rings is 1. The van der Waals surface area contributed by atoms with E-state index in [9.17, 15) is 23.3 Å². The first-order valence-corrected chi connectivity index (χ1v) is 10.6. The first-order chi connectivity index (χ1) is 13.1. The van der Waals surface area contributed by atoms with Gasteiger partial charge in [-0.15, -0.1) is 0 Å². The Morgan fingerprint density at radius 3 is 2.57 bits per heavy atom. The van der Waals surface area contributed by atoms with Gasteiger partial charge in [0.2, 0.25) is 0 Å². The standard InChI is InChI=1S/C18H17N3O5S2/c1-11(2)28(25,26)14-6-4-5-12(9-14)17(22)19-18-20(3)15-10-13(21(23)24)7-8-16(15)27-18/h4-11H,1-3H3. The maximum atomic E-state index is 12.6. The minimum absolute atomic E-state index is 0.0506. The molecule has 3 rings (SSSR count). The van der Waals surface area contributed by atoms with Crippen molar-refractivity contribution < 1.29 is 18.1 Å². The van der Waals surface area contributed by atoms with Gasteiger partial charge in [-0.3, -0.25) is 14.9 Å². The van der Waals surface area contributed by atoms with Crippen molar-refractivity contribution in [1.82, 2.24) is 4.57 Å². The molecule has 0 aliphatic heterocycles. The Bertz CT molecular complexity index is 1270. The van der Waals surface area contributed by atoms with Crippen molar-refractivity contribution in [3.05, 3.63) is 62.9 Å². The minimum Gasteiger partial charge on any atom is -0.319 e. The second-order valence-corrected chi connectivity index (χ2v) is 9.90. The first-order valence-electron chi connectivity index (χ1n) is 8.28. The molecule has 0 atom stereocenters. The van der Waals surface area contributed by atoms with Crippen LogP contribution in [0.3, 0.4) is 0 Å². The molecule has 1 heterocycles. The van der Waals surface area contributed by atoms with Gasteiger partial charge in [0, 0.05) is 24.7 Å². The van der Waals surface area contributed by atoms with E-state index in [4.69, 9.17) is 0 Å². The van der Waals surface area contributed by atoms with Gasteiger partial charge in [0.05, 0.1) is 25.3 Å². The number of carbonyl (C=O) groups is 1. The van der Waals surface area contributed by atoms with Crippen LogP contribution in [0.25, 0.3) is 10.2 Å². The minimum atomic E-state index is -3.51. The molecule has 0 radical (unpaired) electrons. The fraction of sp³-hybridized carbons (Fsp3) is 0.222. The Morgan fingerprint density at radius 1 is 1.21 bits per heavy atom. The summed E-state index contributed by atoms with van der Waals surface area (Å²) in [6, 6.07) is 10.2. The zero-order chi connectivity index (χ0) is 20.6. The summed E-state index contributed by atoms with van der Waals surface area (Å²) in [7, 11) is -1.85. The molecule has 2 aromatic carbocycles. The van der Waals surface area contributed by atoms with Gasteiger partial charge in [-0.1, -0.05) is 17.4 Å². The fourth-order valence-electron chi connectivity index (χ4n) is 2.57. The fourth-order valence-corrected chi connectivity index (χ4v) is 4.67. The van der Waals surface area contributed by atoms with Crippen LogP contribution in [0.4, 0.5) is 5.69 Å². The number of amides is 1. The van der Waals surface area contributed by atoms with Gasteiger partial charge < -0.3 is 4.57 Å². The number of sulfone groups is 1. The van der Waals surface area contributed by atoms with E-state index in [0.717, 1.165) is 4.70 Å². The second-order valence-electron chi connectivity index (χ2n) is 6.39. The lowest BCUT2D eigenvalue weighted by atomic mass is 10.2. The Balaban J connectivity index is 2.06. The van der Waals surface area contributed by atoms with Crippen LogP contribution in [0.1, 0.15) is 24.2 Å². The molecule has 0 aliphatic rings. The highest BCUT2D eigenvalue weighted by atomic mass is 32.2. The van der Waals surface area contributed by atoms with Crippen LogP contribution in [0.2, 0.25) is 0 Å². The summed E-state index contributed by atoms with van der Waals surface area (Å²) >= 11 is 1.22. The van der Waals surface area contributed by atoms with Crippen LogP contribution in [-0.4, -0.2) is 29.1 Å². The van der Waals surface area contributed by atoms with E-state index < -0.39 is 25.9 Å².